The van der Waals surface area contributed by atoms with E-state index in [1.165, 1.54) is 6.92 Å². The molecule has 0 amide bonds. The molecule has 0 saturated heterocycles. The molecule has 0 unspecified atom stereocenters. The van der Waals surface area contributed by atoms with Gasteiger partial charge in [0, 0.05) is 20.6 Å². The molecule has 2 aromatic rings. The second kappa shape index (κ2) is 6.10. The number of nitrogens with zero attached hydrogens (tertiary/aromatic N) is 3. The Morgan fingerprint density at radius 1 is 1.37 bits per heavy atom. The van der Waals surface area contributed by atoms with Crippen molar-refractivity contribution in [2.45, 2.75) is 6.92 Å². The van der Waals surface area contributed by atoms with Crippen LogP contribution in [0.4, 0.5) is 5.82 Å². The third-order valence-corrected chi connectivity index (χ3v) is 2.60. The fraction of sp³-hybridized carbons (Fsp3) is 0.308. The molecule has 0 fully saturated rings. The summed E-state index contributed by atoms with van der Waals surface area (Å²) in [5, 5.41) is 11.1. The van der Waals surface area contributed by atoms with Crippen LogP contribution in [0, 0.1) is 0 Å². The van der Waals surface area contributed by atoms with Crippen LogP contribution in [0.5, 0.6) is 0 Å². The third-order valence-electron chi connectivity index (χ3n) is 2.60. The first kappa shape index (κ1) is 13.2. The Morgan fingerprint density at radius 2 is 2.11 bits per heavy atom. The summed E-state index contributed by atoms with van der Waals surface area (Å²) in [5.74, 6) is 0.470. The van der Waals surface area contributed by atoms with Crippen molar-refractivity contribution in [2.24, 2.45) is 0 Å². The van der Waals surface area contributed by atoms with Crippen LogP contribution in [0.25, 0.3) is 5.69 Å². The molecule has 1 heterocycles. The number of ether oxygens (including phenoxy) is 1. The van der Waals surface area contributed by atoms with E-state index in [9.17, 15) is 4.79 Å². The first-order chi connectivity index (χ1) is 9.24. The third kappa shape index (κ3) is 2.97. The number of benzene rings is 1. The van der Waals surface area contributed by atoms with Gasteiger partial charge in [-0.2, -0.15) is 4.68 Å². The first-order valence-corrected chi connectivity index (χ1v) is 5.99. The fourth-order valence-corrected chi connectivity index (χ4v) is 1.70. The summed E-state index contributed by atoms with van der Waals surface area (Å²) < 4.78 is 6.61. The molecular weight excluding hydrogens is 244 g/mol. The van der Waals surface area contributed by atoms with E-state index in [4.69, 9.17) is 4.74 Å². The zero-order valence-corrected chi connectivity index (χ0v) is 11.0. The average molecular weight is 260 g/mol. The summed E-state index contributed by atoms with van der Waals surface area (Å²) in [6.07, 6.45) is 0. The van der Waals surface area contributed by atoms with Gasteiger partial charge >= 0.3 is 0 Å². The minimum Gasteiger partial charge on any atom is -0.383 e. The topological polar surface area (TPSA) is 69.0 Å². The van der Waals surface area contributed by atoms with Gasteiger partial charge in [-0.3, -0.25) is 4.79 Å². The van der Waals surface area contributed by atoms with Crippen molar-refractivity contribution >= 4 is 11.6 Å². The number of para-hydroxylation sites is 1. The van der Waals surface area contributed by atoms with Gasteiger partial charge in [-0.15, -0.1) is 5.10 Å². The largest absolute Gasteiger partial charge is 0.383 e. The van der Waals surface area contributed by atoms with Gasteiger partial charge in [0.1, 0.15) is 0 Å². The predicted molar refractivity (Wildman–Crippen MR) is 71.7 cm³/mol. The van der Waals surface area contributed by atoms with E-state index >= 15 is 0 Å². The Bertz CT molecular complexity index is 551. The number of hydrogen-bond acceptors (Lipinski definition) is 5. The molecular formula is C13H16N4O2. The summed E-state index contributed by atoms with van der Waals surface area (Å²) in [5.41, 5.74) is 1.18. The van der Waals surface area contributed by atoms with Crippen LogP contribution in [0.15, 0.2) is 30.3 Å². The lowest BCUT2D eigenvalue weighted by Crippen LogP contribution is -2.13. The van der Waals surface area contributed by atoms with Crippen molar-refractivity contribution in [3.63, 3.8) is 0 Å². The monoisotopic (exact) mass is 260 g/mol. The highest BCUT2D eigenvalue weighted by Gasteiger charge is 2.17. The summed E-state index contributed by atoms with van der Waals surface area (Å²) in [4.78, 5) is 11.6. The molecule has 2 rings (SSSR count). The lowest BCUT2D eigenvalue weighted by atomic mass is 10.3. The van der Waals surface area contributed by atoms with Gasteiger partial charge in [0.05, 0.1) is 12.3 Å². The number of Topliss-reactive ketones (excluding diaryl/α,β-unsaturated/α-hetero) is 1. The molecule has 0 aliphatic carbocycles. The Balaban J connectivity index is 2.35. The number of anilines is 1. The number of carbonyl (C=O) groups excluding carboxylic acids is 1. The van der Waals surface area contributed by atoms with Crippen molar-refractivity contribution in [1.82, 2.24) is 15.0 Å². The zero-order valence-electron chi connectivity index (χ0n) is 11.0. The number of methoxy groups -OCH3 is 1. The van der Waals surface area contributed by atoms with Crippen LogP contribution in [0.3, 0.4) is 0 Å². The molecule has 1 aromatic heterocycles. The second-order valence-electron chi connectivity index (χ2n) is 4.01. The number of rotatable bonds is 6. The van der Waals surface area contributed by atoms with Gasteiger partial charge in [-0.1, -0.05) is 23.4 Å². The smallest absolute Gasteiger partial charge is 0.183 e. The number of ketones is 1. The molecule has 6 heteroatoms. The van der Waals surface area contributed by atoms with E-state index in [0.29, 0.717) is 24.7 Å². The molecule has 0 aliphatic heterocycles. The Hall–Kier alpha value is -2.21. The summed E-state index contributed by atoms with van der Waals surface area (Å²) >= 11 is 0. The maximum Gasteiger partial charge on any atom is 0.183 e. The molecule has 100 valence electrons. The van der Waals surface area contributed by atoms with Crippen LogP contribution in [0.2, 0.25) is 0 Å². The molecule has 1 aromatic carbocycles. The van der Waals surface area contributed by atoms with Gasteiger partial charge in [-0.25, -0.2) is 0 Å². The minimum absolute atomic E-state index is 0.123. The average Bonchev–Trinajstić information content (AvgIpc) is 2.84. The van der Waals surface area contributed by atoms with E-state index in [-0.39, 0.29) is 5.78 Å². The highest BCUT2D eigenvalue weighted by Crippen LogP contribution is 2.18. The van der Waals surface area contributed by atoms with E-state index in [2.05, 4.69) is 15.6 Å². The normalized spacial score (nSPS) is 10.4. The van der Waals surface area contributed by atoms with Gasteiger partial charge in [0.25, 0.3) is 0 Å². The second-order valence-corrected chi connectivity index (χ2v) is 4.01. The summed E-state index contributed by atoms with van der Waals surface area (Å²) in [6.45, 7) is 2.59. The lowest BCUT2D eigenvalue weighted by Gasteiger charge is -2.09. The van der Waals surface area contributed by atoms with Crippen LogP contribution >= 0.6 is 0 Å². The maximum atomic E-state index is 11.6. The molecule has 6 nitrogen and oxygen atoms in total. The molecule has 0 atom stereocenters. The van der Waals surface area contributed by atoms with E-state index in [1.54, 1.807) is 11.8 Å². The highest BCUT2D eigenvalue weighted by molar-refractivity contribution is 5.96. The van der Waals surface area contributed by atoms with Crippen molar-refractivity contribution < 1.29 is 9.53 Å². The minimum atomic E-state index is -0.123. The number of hydrogen-bond donors (Lipinski definition) is 1. The van der Waals surface area contributed by atoms with E-state index < -0.39 is 0 Å². The molecule has 0 radical (unpaired) electrons. The van der Waals surface area contributed by atoms with Crippen molar-refractivity contribution in [1.29, 1.82) is 0 Å². The summed E-state index contributed by atoms with van der Waals surface area (Å²) in [6, 6.07) is 9.54. The number of carbonyl (C=O) groups is 1. The van der Waals surface area contributed by atoms with E-state index in [0.717, 1.165) is 5.69 Å². The van der Waals surface area contributed by atoms with Gasteiger partial charge in [0.2, 0.25) is 0 Å². The van der Waals surface area contributed by atoms with Crippen LogP contribution < -0.4 is 5.32 Å². The Kier molecular flexibility index (Phi) is 4.25. The van der Waals surface area contributed by atoms with Crippen molar-refractivity contribution in [2.75, 3.05) is 25.6 Å². The molecule has 0 saturated carbocycles. The Morgan fingerprint density at radius 3 is 2.74 bits per heavy atom. The lowest BCUT2D eigenvalue weighted by molar-refractivity contribution is 0.101. The van der Waals surface area contributed by atoms with Gasteiger partial charge in [0.15, 0.2) is 17.3 Å². The standard InChI is InChI=1S/C13H16N4O2/c1-10(18)12-13(14-8-9-19-2)17(16-15-12)11-6-4-3-5-7-11/h3-7,14H,8-9H2,1-2H3. The SMILES string of the molecule is COCCNc1c(C(C)=O)nnn1-c1ccccc1. The van der Waals surface area contributed by atoms with Crippen molar-refractivity contribution in [3.8, 4) is 5.69 Å². The predicted octanol–water partition coefficient (Wildman–Crippen LogP) is 1.53. The van der Waals surface area contributed by atoms with Gasteiger partial charge < -0.3 is 10.1 Å². The van der Waals surface area contributed by atoms with E-state index in [1.807, 2.05) is 30.3 Å². The number of aromatic nitrogens is 3. The van der Waals surface area contributed by atoms with Crippen LogP contribution in [-0.2, 0) is 4.74 Å². The first-order valence-electron chi connectivity index (χ1n) is 5.99. The quantitative estimate of drug-likeness (QED) is 0.630. The highest BCUT2D eigenvalue weighted by atomic mass is 16.5. The van der Waals surface area contributed by atoms with Gasteiger partial charge in [-0.05, 0) is 12.1 Å². The molecule has 0 bridgehead atoms. The molecule has 0 spiro atoms. The zero-order chi connectivity index (χ0) is 13.7. The maximum absolute atomic E-state index is 11.6. The molecule has 0 aliphatic rings. The van der Waals surface area contributed by atoms with Crippen LogP contribution in [0.1, 0.15) is 17.4 Å². The number of nitrogens with one attached hydrogen (secondary N) is 1. The van der Waals surface area contributed by atoms with Crippen molar-refractivity contribution in [3.05, 3.63) is 36.0 Å². The Labute approximate surface area is 111 Å². The summed E-state index contributed by atoms with van der Waals surface area (Å²) in [7, 11) is 1.63. The van der Waals surface area contributed by atoms with Crippen LogP contribution in [-0.4, -0.2) is 41.0 Å². The fourth-order valence-electron chi connectivity index (χ4n) is 1.70. The molecule has 1 N–H and O–H groups in total. The molecule has 19 heavy (non-hydrogen) atoms.